The summed E-state index contributed by atoms with van der Waals surface area (Å²) in [4.78, 5) is 3.65. The van der Waals surface area contributed by atoms with Crippen LogP contribution in [0.3, 0.4) is 0 Å². The van der Waals surface area contributed by atoms with Crippen molar-refractivity contribution in [3.8, 4) is 6.07 Å². The van der Waals surface area contributed by atoms with Crippen molar-refractivity contribution in [3.05, 3.63) is 29.7 Å². The van der Waals surface area contributed by atoms with Crippen LogP contribution in [-0.4, -0.2) is 49.3 Å². The monoisotopic (exact) mass is 323 g/mol. The van der Waals surface area contributed by atoms with E-state index in [-0.39, 0.29) is 17.0 Å². The fourth-order valence-corrected chi connectivity index (χ4v) is 2.37. The maximum Gasteiger partial charge on any atom is 0.245 e. The molecule has 1 fully saturated rings. The van der Waals surface area contributed by atoms with Crippen LogP contribution in [0, 0.1) is 17.1 Å². The average molecular weight is 323 g/mol. The van der Waals surface area contributed by atoms with Gasteiger partial charge in [0.2, 0.25) is 5.60 Å². The first kappa shape index (κ1) is 15.1. The highest BCUT2D eigenvalue weighted by molar-refractivity contribution is 5.70. The van der Waals surface area contributed by atoms with Gasteiger partial charge in [0.15, 0.2) is 17.8 Å². The number of fused-ring (bicyclic) bond motifs is 1. The number of aromatic nitrogens is 3. The van der Waals surface area contributed by atoms with E-state index in [0.717, 1.165) is 23.0 Å². The fourth-order valence-electron chi connectivity index (χ4n) is 2.37. The van der Waals surface area contributed by atoms with Crippen LogP contribution >= 0.6 is 0 Å². The second-order valence-corrected chi connectivity index (χ2v) is 4.98. The minimum absolute atomic E-state index is 0.0723. The van der Waals surface area contributed by atoms with Crippen LogP contribution in [0.5, 0.6) is 0 Å². The van der Waals surface area contributed by atoms with Gasteiger partial charge in [-0.15, -0.1) is 0 Å². The van der Waals surface area contributed by atoms with E-state index in [0.29, 0.717) is 0 Å². The Bertz CT molecular complexity index is 846. The van der Waals surface area contributed by atoms with Crippen LogP contribution in [0.4, 0.5) is 14.6 Å². The van der Waals surface area contributed by atoms with Crippen LogP contribution in [-0.2, 0) is 4.74 Å². The molecule has 1 saturated heterocycles. The normalized spacial score (nSPS) is 28.9. The van der Waals surface area contributed by atoms with Gasteiger partial charge in [0.1, 0.15) is 29.8 Å². The van der Waals surface area contributed by atoms with Gasteiger partial charge in [-0.25, -0.2) is 18.3 Å². The first-order valence-corrected chi connectivity index (χ1v) is 6.46. The second kappa shape index (κ2) is 5.15. The van der Waals surface area contributed by atoms with Gasteiger partial charge in [-0.05, 0) is 0 Å². The molecule has 0 bridgehead atoms. The van der Waals surface area contributed by atoms with E-state index in [1.165, 1.54) is 0 Å². The van der Waals surface area contributed by atoms with Crippen molar-refractivity contribution in [2.75, 3.05) is 12.3 Å². The molecule has 2 aromatic heterocycles. The molecule has 2 aromatic rings. The van der Waals surface area contributed by atoms with E-state index in [9.17, 15) is 19.0 Å². The summed E-state index contributed by atoms with van der Waals surface area (Å²) in [6.45, 7) is -0.902. The van der Waals surface area contributed by atoms with Gasteiger partial charge in [0.05, 0.1) is 12.3 Å². The van der Waals surface area contributed by atoms with E-state index in [1.807, 2.05) is 0 Å². The Labute approximate surface area is 128 Å². The van der Waals surface area contributed by atoms with Gasteiger partial charge in [-0.1, -0.05) is 0 Å². The van der Waals surface area contributed by atoms with Crippen molar-refractivity contribution in [1.29, 1.82) is 5.26 Å². The number of alkyl halides is 1. The predicted octanol–water partition coefficient (Wildman–Crippen LogP) is -0.225. The molecular weight excluding hydrogens is 312 g/mol. The van der Waals surface area contributed by atoms with Crippen LogP contribution < -0.4 is 5.73 Å². The standard InChI is InChI=1S/C13H11F2N5O3/c14-7-1-6(20-10(7)12(17)18-5-19-20)2-8-9(15)11(22)13(3-16,4-21)23-8/h1-2,5,9,11,21-22H,4H2,(H2,17,18,19)/b8-2-/t9-,11-,13+/m0/s1. The maximum absolute atomic E-state index is 14.2. The molecule has 120 valence electrons. The van der Waals surface area contributed by atoms with Crippen LogP contribution in [0.2, 0.25) is 0 Å². The Morgan fingerprint density at radius 3 is 2.96 bits per heavy atom. The van der Waals surface area contributed by atoms with Crippen molar-refractivity contribution >= 4 is 17.4 Å². The van der Waals surface area contributed by atoms with Crippen LogP contribution in [0.25, 0.3) is 11.6 Å². The number of rotatable bonds is 2. The van der Waals surface area contributed by atoms with Gasteiger partial charge in [0.25, 0.3) is 0 Å². The Balaban J connectivity index is 2.10. The molecule has 4 N–H and O–H groups in total. The third-order valence-corrected chi connectivity index (χ3v) is 3.60. The van der Waals surface area contributed by atoms with Crippen LogP contribution in [0.15, 0.2) is 18.2 Å². The Hall–Kier alpha value is -2.77. The van der Waals surface area contributed by atoms with E-state index in [1.54, 1.807) is 6.07 Å². The number of nitrogens with zero attached hydrogens (tertiary/aromatic N) is 4. The largest absolute Gasteiger partial charge is 0.468 e. The number of halogens is 2. The Morgan fingerprint density at radius 1 is 1.61 bits per heavy atom. The number of nitrogens with two attached hydrogens (primary N) is 1. The number of aliphatic hydroxyl groups is 2. The number of ether oxygens (including phenoxy) is 1. The van der Waals surface area contributed by atoms with Gasteiger partial charge >= 0.3 is 0 Å². The average Bonchev–Trinajstić information content (AvgIpc) is 2.99. The molecule has 23 heavy (non-hydrogen) atoms. The van der Waals surface area contributed by atoms with Crippen molar-refractivity contribution in [3.63, 3.8) is 0 Å². The van der Waals surface area contributed by atoms with E-state index in [4.69, 9.17) is 15.7 Å². The lowest BCUT2D eigenvalue weighted by molar-refractivity contribution is -0.0412. The summed E-state index contributed by atoms with van der Waals surface area (Å²) in [5.41, 5.74) is 3.43. The number of aliphatic hydroxyl groups excluding tert-OH is 2. The number of nitrogen functional groups attached to an aromatic ring is 1. The topological polar surface area (TPSA) is 130 Å². The van der Waals surface area contributed by atoms with Gasteiger partial charge in [-0.2, -0.15) is 10.4 Å². The van der Waals surface area contributed by atoms with Crippen molar-refractivity contribution in [2.45, 2.75) is 17.9 Å². The first-order chi connectivity index (χ1) is 10.9. The first-order valence-electron chi connectivity index (χ1n) is 6.46. The predicted molar refractivity (Wildman–Crippen MR) is 72.8 cm³/mol. The van der Waals surface area contributed by atoms with E-state index >= 15 is 0 Å². The van der Waals surface area contributed by atoms with Gasteiger partial charge < -0.3 is 20.7 Å². The number of hydrogen-bond donors (Lipinski definition) is 3. The molecule has 8 nitrogen and oxygen atoms in total. The van der Waals surface area contributed by atoms with E-state index < -0.39 is 36.1 Å². The Kier molecular flexibility index (Phi) is 3.39. The highest BCUT2D eigenvalue weighted by Gasteiger charge is 2.54. The summed E-state index contributed by atoms with van der Waals surface area (Å²) in [6.07, 6.45) is -1.77. The quantitative estimate of drug-likeness (QED) is 0.696. The zero-order valence-electron chi connectivity index (χ0n) is 11.5. The molecule has 0 aromatic carbocycles. The smallest absolute Gasteiger partial charge is 0.245 e. The summed E-state index contributed by atoms with van der Waals surface area (Å²) in [7, 11) is 0. The van der Waals surface area contributed by atoms with Crippen molar-refractivity contribution < 1.29 is 23.7 Å². The zero-order chi connectivity index (χ0) is 16.8. The molecule has 0 saturated carbocycles. The molecule has 1 aliphatic rings. The third kappa shape index (κ3) is 2.09. The fraction of sp³-hybridized carbons (Fsp3) is 0.308. The minimum atomic E-state index is -2.11. The van der Waals surface area contributed by atoms with Crippen molar-refractivity contribution in [2.24, 2.45) is 0 Å². The molecule has 3 rings (SSSR count). The molecule has 0 aliphatic carbocycles. The summed E-state index contributed by atoms with van der Waals surface area (Å²) < 4.78 is 34.2. The SMILES string of the molecule is N#C[C@]1(CO)O/C(=C\c2cc(F)c3c(N)ncnn23)[C@H](F)[C@@H]1O. The highest BCUT2D eigenvalue weighted by atomic mass is 19.1. The molecule has 10 heteroatoms. The number of hydrogen-bond acceptors (Lipinski definition) is 7. The third-order valence-electron chi connectivity index (χ3n) is 3.60. The molecular formula is C13H11F2N5O3. The molecule has 1 aliphatic heterocycles. The van der Waals surface area contributed by atoms with Gasteiger partial charge in [0, 0.05) is 12.1 Å². The summed E-state index contributed by atoms with van der Waals surface area (Å²) in [5.74, 6) is -1.25. The molecule has 3 atom stereocenters. The highest BCUT2D eigenvalue weighted by Crippen LogP contribution is 2.36. The van der Waals surface area contributed by atoms with Gasteiger partial charge in [-0.3, -0.25) is 0 Å². The lowest BCUT2D eigenvalue weighted by Gasteiger charge is -2.20. The lowest BCUT2D eigenvalue weighted by atomic mass is 9.98. The number of nitriles is 1. The summed E-state index contributed by atoms with van der Waals surface area (Å²) in [5, 5.41) is 31.8. The Morgan fingerprint density at radius 2 is 2.35 bits per heavy atom. The molecule has 0 amide bonds. The minimum Gasteiger partial charge on any atom is -0.468 e. The second-order valence-electron chi connectivity index (χ2n) is 4.98. The summed E-state index contributed by atoms with van der Waals surface area (Å²) >= 11 is 0. The molecule has 0 unspecified atom stereocenters. The lowest BCUT2D eigenvalue weighted by Crippen LogP contribution is -2.44. The van der Waals surface area contributed by atoms with E-state index in [2.05, 4.69) is 10.1 Å². The maximum atomic E-state index is 14.2. The number of anilines is 1. The molecule has 0 spiro atoms. The van der Waals surface area contributed by atoms with Crippen LogP contribution in [0.1, 0.15) is 5.69 Å². The molecule has 3 heterocycles. The molecule has 0 radical (unpaired) electrons. The van der Waals surface area contributed by atoms with Crippen molar-refractivity contribution in [1.82, 2.24) is 14.6 Å². The zero-order valence-corrected chi connectivity index (χ0v) is 11.5. The summed E-state index contributed by atoms with van der Waals surface area (Å²) in [6, 6.07) is 2.57.